The SMILES string of the molecule is CC(C)(C)OC(=O)Nc1cnn2c1CCC2. The molecule has 0 bridgehead atoms. The fraction of sp³-hybridized carbons (Fsp3) is 0.636. The van der Waals surface area contributed by atoms with Crippen LogP contribution in [-0.4, -0.2) is 21.5 Å². The quantitative estimate of drug-likeness (QED) is 0.793. The summed E-state index contributed by atoms with van der Waals surface area (Å²) in [4.78, 5) is 11.6. The molecule has 16 heavy (non-hydrogen) atoms. The maximum atomic E-state index is 11.6. The van der Waals surface area contributed by atoms with Gasteiger partial charge < -0.3 is 4.74 Å². The number of hydrogen-bond acceptors (Lipinski definition) is 3. The smallest absolute Gasteiger partial charge is 0.412 e. The van der Waals surface area contributed by atoms with E-state index >= 15 is 0 Å². The summed E-state index contributed by atoms with van der Waals surface area (Å²) in [7, 11) is 0. The van der Waals surface area contributed by atoms with E-state index in [9.17, 15) is 4.79 Å². The molecule has 1 amide bonds. The summed E-state index contributed by atoms with van der Waals surface area (Å²) in [5, 5.41) is 6.93. The zero-order valence-corrected chi connectivity index (χ0v) is 9.91. The van der Waals surface area contributed by atoms with E-state index in [1.54, 1.807) is 6.20 Å². The van der Waals surface area contributed by atoms with Gasteiger partial charge in [0.25, 0.3) is 0 Å². The van der Waals surface area contributed by atoms with Gasteiger partial charge in [0.1, 0.15) is 5.60 Å². The molecule has 5 heteroatoms. The number of rotatable bonds is 1. The highest BCUT2D eigenvalue weighted by atomic mass is 16.6. The molecule has 0 radical (unpaired) electrons. The fourth-order valence-corrected chi connectivity index (χ4v) is 1.78. The molecule has 0 atom stereocenters. The summed E-state index contributed by atoms with van der Waals surface area (Å²) in [6.45, 7) is 6.46. The number of carbonyl (C=O) groups is 1. The largest absolute Gasteiger partial charge is 0.444 e. The molecule has 1 aliphatic rings. The predicted molar refractivity (Wildman–Crippen MR) is 60.4 cm³/mol. The number of anilines is 1. The van der Waals surface area contributed by atoms with Crippen LogP contribution in [0, 0.1) is 0 Å². The first kappa shape index (κ1) is 11.0. The van der Waals surface area contributed by atoms with Crippen molar-refractivity contribution in [2.24, 2.45) is 0 Å². The predicted octanol–water partition coefficient (Wildman–Crippen LogP) is 2.18. The van der Waals surface area contributed by atoms with Crippen LogP contribution in [0.2, 0.25) is 0 Å². The Kier molecular flexibility index (Phi) is 2.61. The maximum absolute atomic E-state index is 11.6. The molecular weight excluding hydrogens is 206 g/mol. The van der Waals surface area contributed by atoms with Gasteiger partial charge in [0.15, 0.2) is 0 Å². The Morgan fingerprint density at radius 3 is 3.00 bits per heavy atom. The minimum Gasteiger partial charge on any atom is -0.444 e. The molecule has 1 aliphatic heterocycles. The van der Waals surface area contributed by atoms with Crippen molar-refractivity contribution in [1.29, 1.82) is 0 Å². The number of amides is 1. The van der Waals surface area contributed by atoms with Crippen molar-refractivity contribution >= 4 is 11.8 Å². The minimum atomic E-state index is -0.472. The lowest BCUT2D eigenvalue weighted by Crippen LogP contribution is -2.27. The number of carbonyl (C=O) groups excluding carboxylic acids is 1. The number of aromatic nitrogens is 2. The van der Waals surface area contributed by atoms with Crippen LogP contribution in [0.4, 0.5) is 10.5 Å². The van der Waals surface area contributed by atoms with E-state index in [0.29, 0.717) is 0 Å². The van der Waals surface area contributed by atoms with Gasteiger partial charge in [0, 0.05) is 6.54 Å². The van der Waals surface area contributed by atoms with E-state index in [1.807, 2.05) is 25.5 Å². The molecule has 0 aliphatic carbocycles. The molecule has 0 aromatic carbocycles. The van der Waals surface area contributed by atoms with Crippen molar-refractivity contribution in [3.05, 3.63) is 11.9 Å². The van der Waals surface area contributed by atoms with Crippen molar-refractivity contribution in [2.45, 2.75) is 45.8 Å². The number of hydrogen-bond donors (Lipinski definition) is 1. The molecule has 5 nitrogen and oxygen atoms in total. The third-order valence-electron chi connectivity index (χ3n) is 2.37. The van der Waals surface area contributed by atoms with Crippen LogP contribution in [0.1, 0.15) is 32.9 Å². The van der Waals surface area contributed by atoms with Gasteiger partial charge in [-0.3, -0.25) is 10.00 Å². The Hall–Kier alpha value is -1.52. The van der Waals surface area contributed by atoms with E-state index < -0.39 is 11.7 Å². The molecule has 0 unspecified atom stereocenters. The fourth-order valence-electron chi connectivity index (χ4n) is 1.78. The van der Waals surface area contributed by atoms with Gasteiger partial charge >= 0.3 is 6.09 Å². The maximum Gasteiger partial charge on any atom is 0.412 e. The Balaban J connectivity index is 2.02. The second kappa shape index (κ2) is 3.81. The first-order valence-corrected chi connectivity index (χ1v) is 5.50. The highest BCUT2D eigenvalue weighted by Gasteiger charge is 2.20. The lowest BCUT2D eigenvalue weighted by molar-refractivity contribution is 0.0636. The monoisotopic (exact) mass is 223 g/mol. The molecule has 0 saturated heterocycles. The Labute approximate surface area is 94.8 Å². The third kappa shape index (κ3) is 2.35. The molecule has 1 aromatic heterocycles. The Morgan fingerprint density at radius 2 is 2.31 bits per heavy atom. The highest BCUT2D eigenvalue weighted by molar-refractivity contribution is 5.85. The van der Waals surface area contributed by atoms with Crippen LogP contribution < -0.4 is 5.32 Å². The summed E-state index contributed by atoms with van der Waals surface area (Å²) in [5.41, 5.74) is 1.39. The van der Waals surface area contributed by atoms with Crippen LogP contribution in [-0.2, 0) is 17.7 Å². The number of nitrogens with one attached hydrogen (secondary N) is 1. The Morgan fingerprint density at radius 1 is 1.56 bits per heavy atom. The summed E-state index contributed by atoms with van der Waals surface area (Å²) in [6.07, 6.45) is 3.31. The third-order valence-corrected chi connectivity index (χ3v) is 2.37. The van der Waals surface area contributed by atoms with Gasteiger partial charge in [-0.25, -0.2) is 4.79 Å². The molecule has 88 valence electrons. The zero-order valence-electron chi connectivity index (χ0n) is 9.91. The summed E-state index contributed by atoms with van der Waals surface area (Å²) in [5.74, 6) is 0. The zero-order chi connectivity index (χ0) is 11.8. The summed E-state index contributed by atoms with van der Waals surface area (Å²) >= 11 is 0. The minimum absolute atomic E-state index is 0.421. The van der Waals surface area contributed by atoms with Crippen molar-refractivity contribution in [1.82, 2.24) is 9.78 Å². The second-order valence-corrected chi connectivity index (χ2v) is 4.96. The van der Waals surface area contributed by atoms with Gasteiger partial charge in [-0.1, -0.05) is 0 Å². The van der Waals surface area contributed by atoms with E-state index in [1.165, 1.54) is 0 Å². The van der Waals surface area contributed by atoms with E-state index in [4.69, 9.17) is 4.74 Å². The molecule has 1 aromatic rings. The van der Waals surface area contributed by atoms with Gasteiger partial charge in [-0.15, -0.1) is 0 Å². The Bertz CT molecular complexity index is 404. The topological polar surface area (TPSA) is 56.1 Å². The highest BCUT2D eigenvalue weighted by Crippen LogP contribution is 2.23. The van der Waals surface area contributed by atoms with Crippen LogP contribution >= 0.6 is 0 Å². The molecule has 0 fully saturated rings. The van der Waals surface area contributed by atoms with Gasteiger partial charge in [0.05, 0.1) is 17.6 Å². The van der Waals surface area contributed by atoms with Gasteiger partial charge in [0.2, 0.25) is 0 Å². The lowest BCUT2D eigenvalue weighted by Gasteiger charge is -2.19. The number of ether oxygens (including phenoxy) is 1. The first-order chi connectivity index (χ1) is 7.46. The normalized spacial score (nSPS) is 14.7. The number of fused-ring (bicyclic) bond motifs is 1. The molecule has 2 heterocycles. The van der Waals surface area contributed by atoms with Crippen LogP contribution in [0.5, 0.6) is 0 Å². The van der Waals surface area contributed by atoms with Gasteiger partial charge in [-0.2, -0.15) is 5.10 Å². The summed E-state index contributed by atoms with van der Waals surface area (Å²) in [6, 6.07) is 0. The molecule has 2 rings (SSSR count). The summed E-state index contributed by atoms with van der Waals surface area (Å²) < 4.78 is 7.11. The van der Waals surface area contributed by atoms with Gasteiger partial charge in [-0.05, 0) is 33.6 Å². The average Bonchev–Trinajstić information content (AvgIpc) is 2.66. The van der Waals surface area contributed by atoms with Crippen LogP contribution in [0.3, 0.4) is 0 Å². The molecule has 0 saturated carbocycles. The number of nitrogens with zero attached hydrogens (tertiary/aromatic N) is 2. The number of aryl methyl sites for hydroxylation is 1. The van der Waals surface area contributed by atoms with E-state index in [2.05, 4.69) is 10.4 Å². The average molecular weight is 223 g/mol. The first-order valence-electron chi connectivity index (χ1n) is 5.50. The van der Waals surface area contributed by atoms with Crippen molar-refractivity contribution in [3.8, 4) is 0 Å². The second-order valence-electron chi connectivity index (χ2n) is 4.96. The lowest BCUT2D eigenvalue weighted by atomic mass is 10.2. The molecular formula is C11H17N3O2. The molecule has 1 N–H and O–H groups in total. The van der Waals surface area contributed by atoms with Crippen LogP contribution in [0.25, 0.3) is 0 Å². The van der Waals surface area contributed by atoms with Crippen molar-refractivity contribution < 1.29 is 9.53 Å². The van der Waals surface area contributed by atoms with Crippen molar-refractivity contribution in [2.75, 3.05) is 5.32 Å². The van der Waals surface area contributed by atoms with E-state index in [0.717, 1.165) is 30.8 Å². The van der Waals surface area contributed by atoms with Crippen molar-refractivity contribution in [3.63, 3.8) is 0 Å². The van der Waals surface area contributed by atoms with E-state index in [-0.39, 0.29) is 0 Å². The van der Waals surface area contributed by atoms with Crippen LogP contribution in [0.15, 0.2) is 6.20 Å². The molecule has 0 spiro atoms. The standard InChI is InChI=1S/C11H17N3O2/c1-11(2,3)16-10(15)13-8-7-12-14-6-4-5-9(8)14/h7H,4-6H2,1-3H3,(H,13,15).